The van der Waals surface area contributed by atoms with E-state index in [0.717, 1.165) is 37.3 Å². The van der Waals surface area contributed by atoms with Crippen molar-refractivity contribution < 1.29 is 30.8 Å². The molecule has 1 aromatic heterocycles. The maximum absolute atomic E-state index is 14.3. The summed E-state index contributed by atoms with van der Waals surface area (Å²) < 4.78 is 78.3. The number of nitrogens with zero attached hydrogens (tertiary/aromatic N) is 3. The monoisotopic (exact) mass is 511 g/mol. The summed E-state index contributed by atoms with van der Waals surface area (Å²) in [5, 5.41) is 11.7. The molecule has 0 bridgehead atoms. The van der Waals surface area contributed by atoms with E-state index < -0.39 is 39.3 Å². The third-order valence-electron chi connectivity index (χ3n) is 5.04. The number of anilines is 2. The van der Waals surface area contributed by atoms with Crippen molar-refractivity contribution in [3.05, 3.63) is 58.5 Å². The smallest absolute Gasteiger partial charge is 0.356 e. The predicted octanol–water partition coefficient (Wildman–Crippen LogP) is 3.41. The minimum absolute atomic E-state index is 0.135. The minimum atomic E-state index is -4.60. The summed E-state index contributed by atoms with van der Waals surface area (Å²) in [6.07, 6.45) is 0.317. The number of nitriles is 1. The van der Waals surface area contributed by atoms with Crippen molar-refractivity contribution in [2.24, 2.45) is 0 Å². The van der Waals surface area contributed by atoms with E-state index in [4.69, 9.17) is 0 Å². The molecule has 0 radical (unpaired) electrons. The van der Waals surface area contributed by atoms with Crippen LogP contribution in [-0.2, 0) is 27.5 Å². The number of sulfonamides is 1. The van der Waals surface area contributed by atoms with Crippen LogP contribution in [0.25, 0.3) is 6.08 Å². The average Bonchev–Trinajstić information content (AvgIpc) is 3.31. The van der Waals surface area contributed by atoms with Gasteiger partial charge in [-0.2, -0.15) is 18.4 Å². The van der Waals surface area contributed by atoms with Crippen LogP contribution < -0.4 is 14.9 Å². The maximum Gasteiger partial charge on any atom is 0.433 e. The molecule has 1 amide bonds. The Kier molecular flexibility index (Phi) is 7.64. The van der Waals surface area contributed by atoms with E-state index in [9.17, 15) is 36.0 Å². The van der Waals surface area contributed by atoms with Crippen LogP contribution in [0.1, 0.15) is 35.2 Å². The van der Waals surface area contributed by atoms with E-state index >= 15 is 0 Å². The number of pyridine rings is 1. The number of hydrogen-bond donors (Lipinski definition) is 2. The fraction of sp³-hybridized carbons (Fsp3) is 0.318. The molecule has 1 aromatic carbocycles. The summed E-state index contributed by atoms with van der Waals surface area (Å²) in [5.41, 5.74) is -1.24. The Morgan fingerprint density at radius 1 is 1.26 bits per heavy atom. The lowest BCUT2D eigenvalue weighted by molar-refractivity contribution is -0.141. The second-order valence-electron chi connectivity index (χ2n) is 7.84. The molecule has 1 aliphatic heterocycles. The quantitative estimate of drug-likeness (QED) is 0.435. The third kappa shape index (κ3) is 6.92. The molecule has 0 aliphatic carbocycles. The zero-order valence-corrected chi connectivity index (χ0v) is 19.3. The van der Waals surface area contributed by atoms with E-state index in [1.807, 2.05) is 4.72 Å². The van der Waals surface area contributed by atoms with Gasteiger partial charge in [-0.3, -0.25) is 9.52 Å². The summed E-state index contributed by atoms with van der Waals surface area (Å²) in [4.78, 5) is 17.8. The van der Waals surface area contributed by atoms with Crippen molar-refractivity contribution in [3.63, 3.8) is 0 Å². The Hall–Kier alpha value is -3.66. The number of carbonyl (C=O) groups is 1. The number of nitrogens with one attached hydrogen (secondary N) is 2. The first-order chi connectivity index (χ1) is 16.4. The Morgan fingerprint density at radius 3 is 2.54 bits per heavy atom. The minimum Gasteiger partial charge on any atom is -0.356 e. The van der Waals surface area contributed by atoms with Gasteiger partial charge in [0.15, 0.2) is 0 Å². The fourth-order valence-electron chi connectivity index (χ4n) is 3.49. The third-order valence-corrected chi connectivity index (χ3v) is 5.62. The number of benzene rings is 1. The maximum atomic E-state index is 14.3. The number of amides is 1. The second-order valence-corrected chi connectivity index (χ2v) is 9.59. The zero-order valence-electron chi connectivity index (χ0n) is 18.5. The van der Waals surface area contributed by atoms with Gasteiger partial charge in [0.1, 0.15) is 29.1 Å². The molecule has 1 fully saturated rings. The first kappa shape index (κ1) is 26.0. The van der Waals surface area contributed by atoms with E-state index in [-0.39, 0.29) is 23.5 Å². The lowest BCUT2D eigenvalue weighted by Crippen LogP contribution is -2.22. The van der Waals surface area contributed by atoms with Gasteiger partial charge in [0.25, 0.3) is 0 Å². The lowest BCUT2D eigenvalue weighted by Gasteiger charge is -2.20. The van der Waals surface area contributed by atoms with Crippen molar-refractivity contribution in [1.29, 1.82) is 5.26 Å². The van der Waals surface area contributed by atoms with Gasteiger partial charge in [-0.1, -0.05) is 0 Å². The fourth-order valence-corrected chi connectivity index (χ4v) is 4.06. The summed E-state index contributed by atoms with van der Waals surface area (Å²) in [6, 6.07) is 5.99. The summed E-state index contributed by atoms with van der Waals surface area (Å²) in [5.74, 6) is -1.47. The average molecular weight is 512 g/mol. The number of halogens is 4. The Labute approximate surface area is 199 Å². The van der Waals surface area contributed by atoms with E-state index in [1.54, 1.807) is 11.0 Å². The lowest BCUT2D eigenvalue weighted by atomic mass is 10.1. The van der Waals surface area contributed by atoms with Crippen LogP contribution in [0.4, 0.5) is 29.1 Å². The molecule has 2 N–H and O–H groups in total. The number of aromatic nitrogens is 1. The summed E-state index contributed by atoms with van der Waals surface area (Å²) in [7, 11) is -3.82. The molecule has 8 nitrogen and oxygen atoms in total. The topological polar surface area (TPSA) is 115 Å². The molecular formula is C22H21F4N5O3S. The van der Waals surface area contributed by atoms with Crippen molar-refractivity contribution in [3.8, 4) is 6.07 Å². The van der Waals surface area contributed by atoms with Gasteiger partial charge < -0.3 is 10.2 Å². The predicted molar refractivity (Wildman–Crippen MR) is 121 cm³/mol. The van der Waals surface area contributed by atoms with E-state index in [2.05, 4.69) is 10.3 Å². The van der Waals surface area contributed by atoms with Crippen molar-refractivity contribution in [2.75, 3.05) is 29.0 Å². The van der Waals surface area contributed by atoms with Crippen molar-refractivity contribution in [1.82, 2.24) is 10.3 Å². The first-order valence-electron chi connectivity index (χ1n) is 10.4. The van der Waals surface area contributed by atoms with Gasteiger partial charge in [-0.15, -0.1) is 0 Å². The molecule has 0 saturated carbocycles. The highest BCUT2D eigenvalue weighted by Crippen LogP contribution is 2.32. The number of hydrogen-bond acceptors (Lipinski definition) is 6. The van der Waals surface area contributed by atoms with Gasteiger partial charge in [0.05, 0.1) is 11.8 Å². The van der Waals surface area contributed by atoms with Crippen LogP contribution in [-0.4, -0.2) is 38.7 Å². The van der Waals surface area contributed by atoms with E-state index in [1.165, 1.54) is 18.2 Å². The largest absolute Gasteiger partial charge is 0.433 e. The zero-order chi connectivity index (χ0) is 25.8. The van der Waals surface area contributed by atoms with Crippen molar-refractivity contribution in [2.45, 2.75) is 25.6 Å². The van der Waals surface area contributed by atoms with Crippen LogP contribution in [0.15, 0.2) is 30.3 Å². The standard InChI is InChI=1S/C22H21F4N5O3S/c1-35(33,34)30-20-16(12-27)10-14(11-17(20)23)13-28-19(32)7-5-15-4-6-18(22(24,25)26)29-21(15)31-8-2-3-9-31/h4-7,10-11,30H,2-3,8-9,13H2,1H3,(H,28,32). The molecule has 0 spiro atoms. The molecule has 186 valence electrons. The summed E-state index contributed by atoms with van der Waals surface area (Å²) >= 11 is 0. The second kappa shape index (κ2) is 10.3. The molecule has 2 heterocycles. The highest BCUT2D eigenvalue weighted by molar-refractivity contribution is 7.92. The molecule has 1 aliphatic rings. The Bertz CT molecular complexity index is 1300. The molecular weight excluding hydrogens is 490 g/mol. The SMILES string of the molecule is CS(=O)(=O)Nc1c(F)cc(CNC(=O)C=Cc2ccc(C(F)(F)F)nc2N2CCCC2)cc1C#N. The van der Waals surface area contributed by atoms with Gasteiger partial charge in [-0.25, -0.2) is 17.8 Å². The number of rotatable bonds is 7. The van der Waals surface area contributed by atoms with Gasteiger partial charge in [-0.05, 0) is 48.7 Å². The molecule has 13 heteroatoms. The molecule has 35 heavy (non-hydrogen) atoms. The van der Waals surface area contributed by atoms with Crippen LogP contribution in [0, 0.1) is 17.1 Å². The molecule has 2 aromatic rings. The highest BCUT2D eigenvalue weighted by atomic mass is 32.2. The van der Waals surface area contributed by atoms with Gasteiger partial charge >= 0.3 is 6.18 Å². The molecule has 0 unspecified atom stereocenters. The van der Waals surface area contributed by atoms with E-state index in [0.29, 0.717) is 18.7 Å². The van der Waals surface area contributed by atoms with Crippen LogP contribution in [0.2, 0.25) is 0 Å². The van der Waals surface area contributed by atoms with Crippen LogP contribution in [0.5, 0.6) is 0 Å². The van der Waals surface area contributed by atoms with Gasteiger partial charge in [0, 0.05) is 31.3 Å². The van der Waals surface area contributed by atoms with Crippen LogP contribution >= 0.6 is 0 Å². The normalized spacial score (nSPS) is 14.2. The van der Waals surface area contributed by atoms with Crippen molar-refractivity contribution >= 4 is 33.5 Å². The molecule has 1 saturated heterocycles. The number of carbonyl (C=O) groups excluding carboxylic acids is 1. The number of alkyl halides is 3. The summed E-state index contributed by atoms with van der Waals surface area (Å²) in [6.45, 7) is 0.925. The van der Waals surface area contributed by atoms with Gasteiger partial charge in [0.2, 0.25) is 15.9 Å². The first-order valence-corrected chi connectivity index (χ1v) is 12.3. The Balaban J connectivity index is 1.75. The molecule has 3 rings (SSSR count). The highest BCUT2D eigenvalue weighted by Gasteiger charge is 2.33. The molecule has 0 atom stereocenters. The van der Waals surface area contributed by atoms with Crippen LogP contribution in [0.3, 0.4) is 0 Å². The Morgan fingerprint density at radius 2 is 1.94 bits per heavy atom.